The Morgan fingerprint density at radius 2 is 0.489 bits per heavy atom. The fourth-order valence-electron chi connectivity index (χ4n) is 3.08. The summed E-state index contributed by atoms with van der Waals surface area (Å²) in [5.41, 5.74) is 2.19. The van der Waals surface area contributed by atoms with Crippen LogP contribution in [0.1, 0.15) is 22.3 Å². The van der Waals surface area contributed by atoms with Gasteiger partial charge in [-0.3, -0.25) is 0 Å². The van der Waals surface area contributed by atoms with Crippen LogP contribution >= 0.6 is 0 Å². The summed E-state index contributed by atoms with van der Waals surface area (Å²) < 4.78 is 49.0. The van der Waals surface area contributed by atoms with Crippen LogP contribution in [-0.4, -0.2) is 47.8 Å². The van der Waals surface area contributed by atoms with Gasteiger partial charge < -0.3 is 39.6 Å². The predicted octanol–water partition coefficient (Wildman–Crippen LogP) is 0.0916. The zero-order valence-electron chi connectivity index (χ0n) is 23.3. The summed E-state index contributed by atoms with van der Waals surface area (Å²) in [6, 6.07) is 21.1. The van der Waals surface area contributed by atoms with E-state index < -0.39 is 23.9 Å². The average Bonchev–Trinajstić information content (AvgIpc) is 2.94. The SMILES string of the molecule is O=C([O-])Cc1ccc(F)cc1.O=C([O-])Cc1ccc(F)cc1.O=C([O-])Cc1ccc(F)cc1.O=C([O-])Cc1ccc(F)cc1.[Sn+4]. The molecule has 0 aromatic heterocycles. The zero-order chi connectivity index (χ0) is 33.1. The van der Waals surface area contributed by atoms with E-state index in [0.29, 0.717) is 22.3 Å². The van der Waals surface area contributed by atoms with Gasteiger partial charge in [0.05, 0.1) is 0 Å². The number of benzene rings is 4. The quantitative estimate of drug-likeness (QED) is 0.182. The van der Waals surface area contributed by atoms with Crippen LogP contribution in [0.15, 0.2) is 97.1 Å². The molecule has 0 radical (unpaired) electrons. The van der Waals surface area contributed by atoms with E-state index in [9.17, 15) is 57.2 Å². The van der Waals surface area contributed by atoms with Gasteiger partial charge in [0.2, 0.25) is 0 Å². The van der Waals surface area contributed by atoms with Crippen LogP contribution in [0.3, 0.4) is 0 Å². The minimum atomic E-state index is -1.16. The van der Waals surface area contributed by atoms with Gasteiger partial charge in [0.15, 0.2) is 0 Å². The van der Waals surface area contributed by atoms with Crippen molar-refractivity contribution >= 4 is 47.8 Å². The molecule has 0 aliphatic rings. The number of aliphatic carboxylic acids is 4. The number of carboxylic acids is 4. The summed E-state index contributed by atoms with van der Waals surface area (Å²) >= 11 is 0. The molecule has 8 nitrogen and oxygen atoms in total. The number of carbonyl (C=O) groups is 4. The van der Waals surface area contributed by atoms with E-state index in [1.807, 2.05) is 0 Å². The van der Waals surface area contributed by atoms with Crippen molar-refractivity contribution in [1.29, 1.82) is 0 Å². The molecule has 0 N–H and O–H groups in total. The van der Waals surface area contributed by atoms with Crippen LogP contribution in [0, 0.1) is 23.3 Å². The van der Waals surface area contributed by atoms with Crippen molar-refractivity contribution in [2.45, 2.75) is 25.7 Å². The molecule has 45 heavy (non-hydrogen) atoms. The molecule has 0 aliphatic carbocycles. The van der Waals surface area contributed by atoms with Crippen LogP contribution in [0.5, 0.6) is 0 Å². The Balaban J connectivity index is 0.000000569. The Morgan fingerprint density at radius 3 is 0.600 bits per heavy atom. The van der Waals surface area contributed by atoms with Gasteiger partial charge in [-0.1, -0.05) is 48.5 Å². The van der Waals surface area contributed by atoms with Crippen LogP contribution in [0.4, 0.5) is 17.6 Å². The molecule has 4 rings (SSSR count). The summed E-state index contributed by atoms with van der Waals surface area (Å²) in [4.78, 5) is 40.2. The third-order valence-corrected chi connectivity index (χ3v) is 5.05. The average molecular weight is 731 g/mol. The fourth-order valence-corrected chi connectivity index (χ4v) is 3.08. The summed E-state index contributed by atoms with van der Waals surface area (Å²) in [7, 11) is 0. The smallest absolute Gasteiger partial charge is 0.550 e. The van der Waals surface area contributed by atoms with Crippen molar-refractivity contribution in [2.24, 2.45) is 0 Å². The maximum Gasteiger partial charge on any atom is 4.00 e. The maximum atomic E-state index is 12.3. The first-order valence-electron chi connectivity index (χ1n) is 12.5. The number of hydrogen-bond acceptors (Lipinski definition) is 8. The Morgan fingerprint density at radius 1 is 0.356 bits per heavy atom. The van der Waals surface area contributed by atoms with Gasteiger partial charge >= 0.3 is 23.9 Å². The fraction of sp³-hybridized carbons (Fsp3) is 0.125. The van der Waals surface area contributed by atoms with Gasteiger partial charge in [-0.2, -0.15) is 0 Å². The van der Waals surface area contributed by atoms with Gasteiger partial charge in [-0.25, -0.2) is 17.6 Å². The van der Waals surface area contributed by atoms with E-state index in [1.165, 1.54) is 97.1 Å². The van der Waals surface area contributed by atoms with Crippen molar-refractivity contribution in [1.82, 2.24) is 0 Å². The molecular formula is C32H24F4O8Sn. The van der Waals surface area contributed by atoms with Gasteiger partial charge in [0, 0.05) is 49.6 Å². The molecule has 0 heterocycles. The second-order valence-electron chi connectivity index (χ2n) is 8.70. The first kappa shape index (κ1) is 40.3. The molecule has 0 unspecified atom stereocenters. The van der Waals surface area contributed by atoms with Gasteiger partial charge in [-0.05, 0) is 70.8 Å². The summed E-state index contributed by atoms with van der Waals surface area (Å²) in [6.07, 6.45) is -0.666. The Hall–Kier alpha value is -4.72. The first-order valence-corrected chi connectivity index (χ1v) is 12.5. The van der Waals surface area contributed by atoms with Crippen LogP contribution < -0.4 is 20.4 Å². The molecule has 4 aromatic carbocycles. The first-order chi connectivity index (χ1) is 20.7. The van der Waals surface area contributed by atoms with Crippen LogP contribution in [0.25, 0.3) is 0 Å². The third kappa shape index (κ3) is 20.8. The molecular weight excluding hydrogens is 707 g/mol. The molecule has 0 amide bonds. The van der Waals surface area contributed by atoms with Gasteiger partial charge in [-0.15, -0.1) is 0 Å². The second-order valence-corrected chi connectivity index (χ2v) is 8.70. The molecule has 0 saturated carbocycles. The molecule has 0 atom stereocenters. The summed E-state index contributed by atoms with van der Waals surface area (Å²) in [5, 5.41) is 40.2. The molecule has 0 saturated heterocycles. The monoisotopic (exact) mass is 732 g/mol. The van der Waals surface area contributed by atoms with Crippen molar-refractivity contribution in [2.75, 3.05) is 0 Å². The van der Waals surface area contributed by atoms with E-state index in [-0.39, 0.29) is 72.9 Å². The maximum absolute atomic E-state index is 12.3. The molecule has 13 heteroatoms. The van der Waals surface area contributed by atoms with E-state index in [4.69, 9.17) is 0 Å². The minimum absolute atomic E-state index is 0. The summed E-state index contributed by atoms with van der Waals surface area (Å²) in [5.74, 6) is -6.10. The van der Waals surface area contributed by atoms with Gasteiger partial charge in [0.1, 0.15) is 23.3 Å². The number of rotatable bonds is 8. The van der Waals surface area contributed by atoms with Crippen molar-refractivity contribution in [3.05, 3.63) is 143 Å². The Kier molecular flexibility index (Phi) is 19.6. The number of hydrogen-bond donors (Lipinski definition) is 0. The topological polar surface area (TPSA) is 161 Å². The van der Waals surface area contributed by atoms with E-state index in [1.54, 1.807) is 0 Å². The second kappa shape index (κ2) is 21.9. The number of carboxylic acid groups (broad SMARTS) is 4. The van der Waals surface area contributed by atoms with Crippen LogP contribution in [0.2, 0.25) is 0 Å². The molecule has 0 aliphatic heterocycles. The minimum Gasteiger partial charge on any atom is -0.550 e. The number of carbonyl (C=O) groups excluding carboxylic acids is 4. The molecule has 0 fully saturated rings. The van der Waals surface area contributed by atoms with Crippen LogP contribution in [-0.2, 0) is 44.9 Å². The van der Waals surface area contributed by atoms with Crippen molar-refractivity contribution in [3.63, 3.8) is 0 Å². The summed E-state index contributed by atoms with van der Waals surface area (Å²) in [6.45, 7) is 0. The van der Waals surface area contributed by atoms with E-state index >= 15 is 0 Å². The van der Waals surface area contributed by atoms with Gasteiger partial charge in [0.25, 0.3) is 0 Å². The Bertz CT molecular complexity index is 1250. The molecule has 0 spiro atoms. The largest absolute Gasteiger partial charge is 4.00 e. The molecule has 4 aromatic rings. The number of halogens is 4. The van der Waals surface area contributed by atoms with Crippen molar-refractivity contribution < 1.29 is 57.2 Å². The van der Waals surface area contributed by atoms with E-state index in [2.05, 4.69) is 0 Å². The van der Waals surface area contributed by atoms with Crippen molar-refractivity contribution in [3.8, 4) is 0 Å². The Labute approximate surface area is 272 Å². The molecule has 232 valence electrons. The van der Waals surface area contributed by atoms with E-state index in [0.717, 1.165) is 0 Å². The molecule has 0 bridgehead atoms. The standard InChI is InChI=1S/4C8H7FO2.Sn/c4*9-7-3-1-6(2-4-7)5-8(10)11;/h4*1-4H,5H2,(H,10,11);/q;;;;+4/p-4. The third-order valence-electron chi connectivity index (χ3n) is 5.05. The normalized spacial score (nSPS) is 9.33. The predicted molar refractivity (Wildman–Crippen MR) is 146 cm³/mol. The zero-order valence-corrected chi connectivity index (χ0v) is 26.2.